The van der Waals surface area contributed by atoms with E-state index in [1.54, 1.807) is 0 Å². The normalized spacial score (nSPS) is 14.5. The molecule has 0 radical (unpaired) electrons. The number of carbonyl (C=O) groups excluding carboxylic acids is 1. The molecule has 0 aliphatic heterocycles. The van der Waals surface area contributed by atoms with Crippen molar-refractivity contribution >= 4 is 14.6 Å². The Balaban J connectivity index is 2.62. The molecule has 0 saturated heterocycles. The number of ether oxygens (including phenoxy) is 1. The van der Waals surface area contributed by atoms with Gasteiger partial charge >= 0.3 is 0 Å². The summed E-state index contributed by atoms with van der Waals surface area (Å²) in [6.07, 6.45) is 0.851. The van der Waals surface area contributed by atoms with E-state index in [2.05, 4.69) is 20.8 Å². The second kappa shape index (κ2) is 9.93. The molecule has 22 heavy (non-hydrogen) atoms. The minimum Gasteiger partial charge on any atom is -0.411 e. The molecular weight excluding hydrogens is 292 g/mol. The van der Waals surface area contributed by atoms with Gasteiger partial charge in [0.1, 0.15) is 6.29 Å². The minimum atomic E-state index is -1.73. The molecule has 0 aromatic heterocycles. The second-order valence-electron chi connectivity index (χ2n) is 5.90. The molecule has 0 bridgehead atoms. The van der Waals surface area contributed by atoms with Crippen LogP contribution in [0.5, 0.6) is 0 Å². The van der Waals surface area contributed by atoms with Crippen LogP contribution in [0.25, 0.3) is 0 Å². The van der Waals surface area contributed by atoms with Gasteiger partial charge in [0, 0.05) is 5.92 Å². The Morgan fingerprint density at radius 3 is 2.18 bits per heavy atom. The van der Waals surface area contributed by atoms with Gasteiger partial charge in [0.15, 0.2) is 8.32 Å². The number of hydrogen-bond acceptors (Lipinski definition) is 3. The molecule has 124 valence electrons. The van der Waals surface area contributed by atoms with Gasteiger partial charge in [0.05, 0.1) is 19.3 Å². The van der Waals surface area contributed by atoms with E-state index in [0.29, 0.717) is 13.2 Å². The van der Waals surface area contributed by atoms with Crippen molar-refractivity contribution in [3.05, 3.63) is 35.9 Å². The third-order valence-electron chi connectivity index (χ3n) is 4.53. The number of carbonyl (C=O) groups is 1. The first-order valence-corrected chi connectivity index (χ1v) is 10.9. The van der Waals surface area contributed by atoms with E-state index in [4.69, 9.17) is 9.16 Å². The summed E-state index contributed by atoms with van der Waals surface area (Å²) in [4.78, 5) is 11.2. The molecule has 0 aliphatic carbocycles. The minimum absolute atomic E-state index is 0.132. The summed E-state index contributed by atoms with van der Waals surface area (Å²) in [7, 11) is -1.73. The van der Waals surface area contributed by atoms with Gasteiger partial charge in [-0.1, -0.05) is 58.0 Å². The number of rotatable bonds is 11. The van der Waals surface area contributed by atoms with Crippen molar-refractivity contribution in [1.29, 1.82) is 0 Å². The fourth-order valence-electron chi connectivity index (χ4n) is 2.57. The number of benzene rings is 1. The van der Waals surface area contributed by atoms with Gasteiger partial charge in [-0.25, -0.2) is 0 Å². The zero-order chi connectivity index (χ0) is 16.4. The van der Waals surface area contributed by atoms with Crippen molar-refractivity contribution in [3.63, 3.8) is 0 Å². The Labute approximate surface area is 136 Å². The van der Waals surface area contributed by atoms with E-state index in [1.807, 2.05) is 37.3 Å². The summed E-state index contributed by atoms with van der Waals surface area (Å²) >= 11 is 0. The Bertz CT molecular complexity index is 409. The molecule has 4 heteroatoms. The molecule has 0 saturated carbocycles. The van der Waals surface area contributed by atoms with Crippen LogP contribution in [-0.4, -0.2) is 27.3 Å². The Morgan fingerprint density at radius 1 is 1.09 bits per heavy atom. The van der Waals surface area contributed by atoms with Crippen LogP contribution in [0.1, 0.15) is 33.3 Å². The predicted octanol–water partition coefficient (Wildman–Crippen LogP) is 4.43. The summed E-state index contributed by atoms with van der Waals surface area (Å²) < 4.78 is 12.3. The third-order valence-corrected chi connectivity index (χ3v) is 9.20. The lowest BCUT2D eigenvalue weighted by atomic mass is 10.1. The van der Waals surface area contributed by atoms with Crippen LogP contribution in [0.4, 0.5) is 0 Å². The lowest BCUT2D eigenvalue weighted by Gasteiger charge is -2.34. The Morgan fingerprint density at radius 2 is 1.68 bits per heavy atom. The predicted molar refractivity (Wildman–Crippen MR) is 93.4 cm³/mol. The molecule has 0 heterocycles. The van der Waals surface area contributed by atoms with Crippen LogP contribution in [0.2, 0.25) is 18.1 Å². The topological polar surface area (TPSA) is 35.5 Å². The molecular formula is C18H30O3Si. The maximum atomic E-state index is 11.2. The first-order valence-electron chi connectivity index (χ1n) is 8.35. The monoisotopic (exact) mass is 322 g/mol. The van der Waals surface area contributed by atoms with Crippen LogP contribution in [0.15, 0.2) is 30.3 Å². The van der Waals surface area contributed by atoms with E-state index >= 15 is 0 Å². The van der Waals surface area contributed by atoms with Crippen molar-refractivity contribution in [2.24, 2.45) is 5.92 Å². The smallest absolute Gasteiger partial charge is 0.192 e. The van der Waals surface area contributed by atoms with Crippen LogP contribution >= 0.6 is 0 Å². The van der Waals surface area contributed by atoms with Gasteiger partial charge in [0.2, 0.25) is 0 Å². The van der Waals surface area contributed by atoms with Gasteiger partial charge in [-0.2, -0.15) is 0 Å². The molecule has 0 amide bonds. The summed E-state index contributed by atoms with van der Waals surface area (Å²) in [5.74, 6) is -0.132. The van der Waals surface area contributed by atoms with Crippen molar-refractivity contribution in [1.82, 2.24) is 0 Å². The summed E-state index contributed by atoms with van der Waals surface area (Å²) in [6.45, 7) is 9.56. The fourth-order valence-corrected chi connectivity index (χ4v) is 5.49. The summed E-state index contributed by atoms with van der Waals surface area (Å²) in [5.41, 5.74) is 1.14. The van der Waals surface area contributed by atoms with Gasteiger partial charge in [-0.15, -0.1) is 0 Å². The largest absolute Gasteiger partial charge is 0.411 e. The lowest BCUT2D eigenvalue weighted by molar-refractivity contribution is -0.114. The van der Waals surface area contributed by atoms with Gasteiger partial charge in [-0.05, 0) is 23.7 Å². The zero-order valence-corrected chi connectivity index (χ0v) is 15.4. The zero-order valence-electron chi connectivity index (χ0n) is 14.4. The third kappa shape index (κ3) is 5.67. The van der Waals surface area contributed by atoms with Crippen molar-refractivity contribution in [2.75, 3.05) is 6.61 Å². The summed E-state index contributed by atoms with van der Waals surface area (Å²) in [6, 6.07) is 13.3. The highest BCUT2D eigenvalue weighted by Crippen LogP contribution is 2.25. The molecule has 0 spiro atoms. The van der Waals surface area contributed by atoms with Crippen LogP contribution < -0.4 is 0 Å². The molecule has 0 fully saturated rings. The molecule has 0 unspecified atom stereocenters. The quantitative estimate of drug-likeness (QED) is 0.446. The van der Waals surface area contributed by atoms with Crippen molar-refractivity contribution < 1.29 is 14.0 Å². The van der Waals surface area contributed by atoms with Crippen LogP contribution in [-0.2, 0) is 20.6 Å². The SMILES string of the molecule is CC[Si](CC)(CC)O[C@@H](COCc1ccccc1)[C@H](C)C=O. The van der Waals surface area contributed by atoms with E-state index in [-0.39, 0.29) is 12.0 Å². The highest BCUT2D eigenvalue weighted by Gasteiger charge is 2.33. The first-order chi connectivity index (χ1) is 10.6. The molecule has 0 N–H and O–H groups in total. The van der Waals surface area contributed by atoms with Crippen molar-refractivity contribution in [2.45, 2.75) is 58.5 Å². The Kier molecular flexibility index (Phi) is 8.61. The molecule has 3 nitrogen and oxygen atoms in total. The van der Waals surface area contributed by atoms with Gasteiger partial charge in [-0.3, -0.25) is 0 Å². The van der Waals surface area contributed by atoms with E-state index < -0.39 is 8.32 Å². The van der Waals surface area contributed by atoms with E-state index in [1.165, 1.54) is 0 Å². The average Bonchev–Trinajstić information content (AvgIpc) is 2.58. The number of hydrogen-bond donors (Lipinski definition) is 0. The lowest BCUT2D eigenvalue weighted by Crippen LogP contribution is -2.44. The standard InChI is InChI=1S/C18H30O3Si/c1-5-22(6-2,7-3)21-18(16(4)13-19)15-20-14-17-11-9-8-10-12-17/h8-13,16,18H,5-7,14-15H2,1-4H3/t16-,18+/m1/s1. The highest BCUT2D eigenvalue weighted by atomic mass is 28.4. The maximum absolute atomic E-state index is 11.2. The number of aldehydes is 1. The average molecular weight is 323 g/mol. The van der Waals surface area contributed by atoms with Crippen LogP contribution in [0, 0.1) is 5.92 Å². The fraction of sp³-hybridized carbons (Fsp3) is 0.611. The van der Waals surface area contributed by atoms with Gasteiger partial charge < -0.3 is 14.0 Å². The second-order valence-corrected chi connectivity index (χ2v) is 10.6. The maximum Gasteiger partial charge on any atom is 0.192 e. The Hall–Kier alpha value is -0.973. The molecule has 0 aliphatic rings. The molecule has 1 aromatic carbocycles. The molecule has 1 rings (SSSR count). The molecule has 2 atom stereocenters. The first kappa shape index (κ1) is 19.1. The highest BCUT2D eigenvalue weighted by molar-refractivity contribution is 6.73. The van der Waals surface area contributed by atoms with Gasteiger partial charge in [0.25, 0.3) is 0 Å². The van der Waals surface area contributed by atoms with E-state index in [0.717, 1.165) is 30.0 Å². The molecule has 1 aromatic rings. The van der Waals surface area contributed by atoms with E-state index in [9.17, 15) is 4.79 Å². The van der Waals surface area contributed by atoms with Crippen LogP contribution in [0.3, 0.4) is 0 Å². The van der Waals surface area contributed by atoms with Crippen molar-refractivity contribution in [3.8, 4) is 0 Å². The summed E-state index contributed by atoms with van der Waals surface area (Å²) in [5, 5.41) is 0.